The number of allylic oxidation sites excluding steroid dienone is 2. The topological polar surface area (TPSA) is 24.1 Å². The van der Waals surface area contributed by atoms with Crippen LogP contribution in [0.1, 0.15) is 31.2 Å². The predicted octanol–water partition coefficient (Wildman–Crippen LogP) is 3.43. The zero-order valence-corrected chi connectivity index (χ0v) is 11.4. The SMILES string of the molecule is CNCCCC/C=C1/CC=C(c2ccc(F)cc2)N1. The lowest BCUT2D eigenvalue weighted by Gasteiger charge is -2.06. The minimum absolute atomic E-state index is 0.192. The summed E-state index contributed by atoms with van der Waals surface area (Å²) in [6.07, 6.45) is 8.89. The Morgan fingerprint density at radius 2 is 2.05 bits per heavy atom. The summed E-state index contributed by atoms with van der Waals surface area (Å²) in [6, 6.07) is 6.61. The maximum Gasteiger partial charge on any atom is 0.123 e. The molecule has 0 saturated heterocycles. The number of hydrogen-bond acceptors (Lipinski definition) is 2. The molecule has 0 unspecified atom stereocenters. The lowest BCUT2D eigenvalue weighted by atomic mass is 10.1. The van der Waals surface area contributed by atoms with Gasteiger partial charge in [-0.05, 0) is 50.6 Å². The van der Waals surface area contributed by atoms with Gasteiger partial charge in [-0.3, -0.25) is 0 Å². The Kier molecular flexibility index (Phi) is 5.16. The van der Waals surface area contributed by atoms with Crippen molar-refractivity contribution in [2.45, 2.75) is 25.7 Å². The third-order valence-corrected chi connectivity index (χ3v) is 3.25. The molecule has 0 aliphatic carbocycles. The molecule has 3 heteroatoms. The van der Waals surface area contributed by atoms with Crippen LogP contribution in [0.15, 0.2) is 42.1 Å². The Labute approximate surface area is 114 Å². The highest BCUT2D eigenvalue weighted by Crippen LogP contribution is 2.22. The second-order valence-electron chi connectivity index (χ2n) is 4.78. The summed E-state index contributed by atoms with van der Waals surface area (Å²) in [5.41, 5.74) is 3.38. The molecule has 19 heavy (non-hydrogen) atoms. The van der Waals surface area contributed by atoms with Gasteiger partial charge in [-0.25, -0.2) is 4.39 Å². The van der Waals surface area contributed by atoms with Crippen molar-refractivity contribution in [3.63, 3.8) is 0 Å². The van der Waals surface area contributed by atoms with Gasteiger partial charge in [0.25, 0.3) is 0 Å². The molecule has 1 aliphatic rings. The molecule has 102 valence electrons. The summed E-state index contributed by atoms with van der Waals surface area (Å²) >= 11 is 0. The summed E-state index contributed by atoms with van der Waals surface area (Å²) in [6.45, 7) is 1.08. The molecule has 0 fully saturated rings. The van der Waals surface area contributed by atoms with Crippen LogP contribution in [0.25, 0.3) is 5.70 Å². The summed E-state index contributed by atoms with van der Waals surface area (Å²) in [4.78, 5) is 0. The molecule has 2 N–H and O–H groups in total. The fraction of sp³-hybridized carbons (Fsp3) is 0.375. The number of nitrogens with one attached hydrogen (secondary N) is 2. The van der Waals surface area contributed by atoms with Gasteiger partial charge in [0.15, 0.2) is 0 Å². The number of benzene rings is 1. The fourth-order valence-electron chi connectivity index (χ4n) is 2.16. The van der Waals surface area contributed by atoms with Gasteiger partial charge in [0, 0.05) is 17.8 Å². The number of unbranched alkanes of at least 4 members (excludes halogenated alkanes) is 2. The molecule has 0 amide bonds. The van der Waals surface area contributed by atoms with Crippen molar-refractivity contribution in [1.82, 2.24) is 10.6 Å². The van der Waals surface area contributed by atoms with Gasteiger partial charge in [0.1, 0.15) is 5.82 Å². The monoisotopic (exact) mass is 260 g/mol. The van der Waals surface area contributed by atoms with Gasteiger partial charge in [0.2, 0.25) is 0 Å². The zero-order chi connectivity index (χ0) is 13.5. The van der Waals surface area contributed by atoms with E-state index in [-0.39, 0.29) is 5.82 Å². The Bertz CT molecular complexity index is 460. The standard InChI is InChI=1S/C16H21FN2/c1-18-12-4-2-3-5-15-10-11-16(19-15)13-6-8-14(17)9-7-13/h5-9,11,18-19H,2-4,10,12H2,1H3/b15-5-. The Morgan fingerprint density at radius 3 is 2.79 bits per heavy atom. The van der Waals surface area contributed by atoms with Crippen molar-refractivity contribution >= 4 is 5.70 Å². The molecule has 0 bridgehead atoms. The third kappa shape index (κ3) is 4.21. The largest absolute Gasteiger partial charge is 0.359 e. The Balaban J connectivity index is 1.82. The van der Waals surface area contributed by atoms with E-state index in [4.69, 9.17) is 0 Å². The molecule has 2 nitrogen and oxygen atoms in total. The molecular weight excluding hydrogens is 239 g/mol. The van der Waals surface area contributed by atoms with E-state index in [1.54, 1.807) is 0 Å². The van der Waals surface area contributed by atoms with E-state index in [0.717, 1.165) is 30.6 Å². The van der Waals surface area contributed by atoms with Crippen molar-refractivity contribution in [1.29, 1.82) is 0 Å². The molecule has 1 aromatic rings. The van der Waals surface area contributed by atoms with Crippen LogP contribution >= 0.6 is 0 Å². The van der Waals surface area contributed by atoms with Crippen molar-refractivity contribution in [2.75, 3.05) is 13.6 Å². The number of halogens is 1. The van der Waals surface area contributed by atoms with E-state index < -0.39 is 0 Å². The van der Waals surface area contributed by atoms with Gasteiger partial charge in [-0.15, -0.1) is 0 Å². The molecule has 1 heterocycles. The molecule has 2 rings (SSSR count). The van der Waals surface area contributed by atoms with Crippen molar-refractivity contribution < 1.29 is 4.39 Å². The first-order valence-electron chi connectivity index (χ1n) is 6.86. The van der Waals surface area contributed by atoms with Crippen LogP contribution in [0.5, 0.6) is 0 Å². The summed E-state index contributed by atoms with van der Waals surface area (Å²) < 4.78 is 12.9. The normalized spacial score (nSPS) is 16.5. The fourth-order valence-corrected chi connectivity index (χ4v) is 2.16. The molecule has 1 aliphatic heterocycles. The summed E-state index contributed by atoms with van der Waals surface area (Å²) in [5, 5.41) is 6.55. The maximum atomic E-state index is 12.9. The third-order valence-electron chi connectivity index (χ3n) is 3.25. The van der Waals surface area contributed by atoms with Crippen molar-refractivity contribution in [3.05, 3.63) is 53.5 Å². The van der Waals surface area contributed by atoms with Gasteiger partial charge in [0.05, 0.1) is 0 Å². The molecule has 0 spiro atoms. The minimum atomic E-state index is -0.192. The Morgan fingerprint density at radius 1 is 1.26 bits per heavy atom. The summed E-state index contributed by atoms with van der Waals surface area (Å²) in [7, 11) is 1.98. The van der Waals surface area contributed by atoms with E-state index in [9.17, 15) is 4.39 Å². The second-order valence-corrected chi connectivity index (χ2v) is 4.78. The first-order valence-corrected chi connectivity index (χ1v) is 6.86. The van der Waals surface area contributed by atoms with Crippen LogP contribution < -0.4 is 10.6 Å². The molecule has 0 saturated carbocycles. The van der Waals surface area contributed by atoms with Crippen molar-refractivity contribution in [3.8, 4) is 0 Å². The van der Waals surface area contributed by atoms with Crippen LogP contribution in [0.3, 0.4) is 0 Å². The van der Waals surface area contributed by atoms with Crippen LogP contribution in [0.2, 0.25) is 0 Å². The van der Waals surface area contributed by atoms with Crippen LogP contribution in [-0.4, -0.2) is 13.6 Å². The second kappa shape index (κ2) is 7.10. The highest BCUT2D eigenvalue weighted by molar-refractivity contribution is 5.68. The van der Waals surface area contributed by atoms with E-state index in [1.807, 2.05) is 19.2 Å². The number of rotatable bonds is 6. The van der Waals surface area contributed by atoms with Crippen LogP contribution in [-0.2, 0) is 0 Å². The molecule has 1 aromatic carbocycles. The van der Waals surface area contributed by atoms with Crippen LogP contribution in [0.4, 0.5) is 4.39 Å². The molecular formula is C16H21FN2. The lowest BCUT2D eigenvalue weighted by Crippen LogP contribution is -2.07. The Hall–Kier alpha value is -1.61. The molecule has 0 atom stereocenters. The highest BCUT2D eigenvalue weighted by atomic mass is 19.1. The zero-order valence-electron chi connectivity index (χ0n) is 11.4. The van der Waals surface area contributed by atoms with Gasteiger partial charge in [-0.1, -0.05) is 24.3 Å². The predicted molar refractivity (Wildman–Crippen MR) is 78.0 cm³/mol. The van der Waals surface area contributed by atoms with E-state index in [2.05, 4.69) is 22.8 Å². The van der Waals surface area contributed by atoms with E-state index >= 15 is 0 Å². The maximum absolute atomic E-state index is 12.9. The smallest absolute Gasteiger partial charge is 0.123 e. The molecule has 0 radical (unpaired) electrons. The first kappa shape index (κ1) is 13.8. The molecule has 0 aromatic heterocycles. The van der Waals surface area contributed by atoms with Gasteiger partial charge >= 0.3 is 0 Å². The number of hydrogen-bond donors (Lipinski definition) is 2. The van der Waals surface area contributed by atoms with E-state index in [0.29, 0.717) is 0 Å². The van der Waals surface area contributed by atoms with Gasteiger partial charge in [-0.2, -0.15) is 0 Å². The van der Waals surface area contributed by atoms with Crippen LogP contribution in [0, 0.1) is 5.82 Å². The average Bonchev–Trinajstić information content (AvgIpc) is 2.88. The average molecular weight is 260 g/mol. The van der Waals surface area contributed by atoms with Crippen molar-refractivity contribution in [2.24, 2.45) is 0 Å². The highest BCUT2D eigenvalue weighted by Gasteiger charge is 2.10. The summed E-state index contributed by atoms with van der Waals surface area (Å²) in [5.74, 6) is -0.192. The van der Waals surface area contributed by atoms with Gasteiger partial charge < -0.3 is 10.6 Å². The quantitative estimate of drug-likeness (QED) is 0.766. The first-order chi connectivity index (χ1) is 9.29. The lowest BCUT2D eigenvalue weighted by molar-refractivity contribution is 0.627. The van der Waals surface area contributed by atoms with E-state index in [1.165, 1.54) is 30.7 Å². The minimum Gasteiger partial charge on any atom is -0.359 e.